The smallest absolute Gasteiger partial charge is 0.265 e. The Labute approximate surface area is 167 Å². The van der Waals surface area contributed by atoms with Gasteiger partial charge in [-0.2, -0.15) is 0 Å². The molecule has 1 amide bonds. The van der Waals surface area contributed by atoms with Crippen molar-refractivity contribution in [3.8, 4) is 11.3 Å². The summed E-state index contributed by atoms with van der Waals surface area (Å²) in [6.07, 6.45) is 1.57. The van der Waals surface area contributed by atoms with Gasteiger partial charge in [0.15, 0.2) is 11.5 Å². The molecule has 2 aromatic carbocycles. The van der Waals surface area contributed by atoms with Crippen LogP contribution in [0.1, 0.15) is 16.8 Å². The maximum atomic E-state index is 11.4. The Balaban J connectivity index is 1.97. The first-order valence-corrected chi connectivity index (χ1v) is 8.69. The highest BCUT2D eigenvalue weighted by Crippen LogP contribution is 2.24. The SMILES string of the molecule is C=C(O/C(=N\N)c1nc(-c2ccccc2CC(N)=O)cnc1N)c1ccccc1. The van der Waals surface area contributed by atoms with E-state index in [1.165, 1.54) is 6.20 Å². The zero-order valence-corrected chi connectivity index (χ0v) is 15.6. The number of nitrogens with two attached hydrogens (primary N) is 3. The molecular weight excluding hydrogens is 368 g/mol. The molecule has 0 aliphatic carbocycles. The van der Waals surface area contributed by atoms with E-state index in [0.717, 1.165) is 5.56 Å². The second kappa shape index (κ2) is 8.66. The van der Waals surface area contributed by atoms with Crippen LogP contribution in [0, 0.1) is 0 Å². The van der Waals surface area contributed by atoms with E-state index >= 15 is 0 Å². The number of carbonyl (C=O) groups excluding carboxylic acids is 1. The second-order valence-corrected chi connectivity index (χ2v) is 6.11. The summed E-state index contributed by atoms with van der Waals surface area (Å²) in [4.78, 5) is 20.1. The number of hydrazone groups is 1. The summed E-state index contributed by atoms with van der Waals surface area (Å²) < 4.78 is 5.71. The molecule has 1 heterocycles. The van der Waals surface area contributed by atoms with E-state index in [9.17, 15) is 4.79 Å². The highest BCUT2D eigenvalue weighted by molar-refractivity contribution is 5.99. The van der Waals surface area contributed by atoms with Gasteiger partial charge in [0, 0.05) is 11.1 Å². The van der Waals surface area contributed by atoms with Crippen LogP contribution in [-0.2, 0) is 16.0 Å². The van der Waals surface area contributed by atoms with Gasteiger partial charge >= 0.3 is 0 Å². The number of primary amides is 1. The first-order chi connectivity index (χ1) is 14.0. The molecule has 1 aromatic heterocycles. The van der Waals surface area contributed by atoms with Crippen LogP contribution < -0.4 is 17.3 Å². The van der Waals surface area contributed by atoms with Gasteiger partial charge in [-0.15, -0.1) is 5.10 Å². The molecule has 3 rings (SSSR count). The normalized spacial score (nSPS) is 11.1. The minimum atomic E-state index is -0.451. The standard InChI is InChI=1S/C21H20N6O2/c1-13(14-7-3-2-4-8-14)29-21(27-24)19-20(23)25-12-17(26-19)16-10-6-5-9-15(16)11-18(22)28/h2-10,12H,1,11,24H2,(H2,22,28)(H2,23,25)/b27-21-. The number of amides is 1. The number of carbonyl (C=O) groups is 1. The van der Waals surface area contributed by atoms with Gasteiger partial charge in [0.1, 0.15) is 5.76 Å². The Morgan fingerprint density at radius 3 is 2.48 bits per heavy atom. The predicted molar refractivity (Wildman–Crippen MR) is 112 cm³/mol. The van der Waals surface area contributed by atoms with Crippen molar-refractivity contribution in [3.05, 3.63) is 84.2 Å². The lowest BCUT2D eigenvalue weighted by Gasteiger charge is -2.13. The minimum absolute atomic E-state index is 0.0296. The van der Waals surface area contributed by atoms with Crippen LogP contribution in [0.25, 0.3) is 17.0 Å². The molecule has 0 spiro atoms. The van der Waals surface area contributed by atoms with Crippen molar-refractivity contribution in [1.29, 1.82) is 0 Å². The average molecular weight is 388 g/mol. The lowest BCUT2D eigenvalue weighted by molar-refractivity contribution is -0.117. The predicted octanol–water partition coefficient (Wildman–Crippen LogP) is 2.06. The van der Waals surface area contributed by atoms with E-state index in [2.05, 4.69) is 21.6 Å². The van der Waals surface area contributed by atoms with Gasteiger partial charge in [-0.3, -0.25) is 4.79 Å². The van der Waals surface area contributed by atoms with Gasteiger partial charge in [0.05, 0.1) is 18.3 Å². The van der Waals surface area contributed by atoms with Crippen molar-refractivity contribution in [1.82, 2.24) is 9.97 Å². The van der Waals surface area contributed by atoms with E-state index in [4.69, 9.17) is 22.0 Å². The molecule has 146 valence electrons. The molecule has 8 heteroatoms. The molecule has 3 aromatic rings. The Bertz CT molecular complexity index is 1080. The fourth-order valence-corrected chi connectivity index (χ4v) is 2.73. The highest BCUT2D eigenvalue weighted by Gasteiger charge is 2.18. The summed E-state index contributed by atoms with van der Waals surface area (Å²) in [5.74, 6) is 5.46. The summed E-state index contributed by atoms with van der Waals surface area (Å²) in [6.45, 7) is 3.90. The zero-order chi connectivity index (χ0) is 20.8. The molecule has 0 saturated heterocycles. The third-order valence-electron chi connectivity index (χ3n) is 4.09. The first-order valence-electron chi connectivity index (χ1n) is 8.69. The van der Waals surface area contributed by atoms with E-state index in [1.807, 2.05) is 48.5 Å². The number of anilines is 1. The maximum Gasteiger partial charge on any atom is 0.265 e. The lowest BCUT2D eigenvalue weighted by atomic mass is 10.0. The first kappa shape index (κ1) is 19.6. The quantitative estimate of drug-likeness (QED) is 0.194. The third-order valence-corrected chi connectivity index (χ3v) is 4.09. The summed E-state index contributed by atoms with van der Waals surface area (Å²) >= 11 is 0. The lowest BCUT2D eigenvalue weighted by Crippen LogP contribution is -2.16. The molecule has 0 fully saturated rings. The average Bonchev–Trinajstić information content (AvgIpc) is 2.73. The van der Waals surface area contributed by atoms with E-state index in [0.29, 0.717) is 22.6 Å². The summed E-state index contributed by atoms with van der Waals surface area (Å²) in [7, 11) is 0. The van der Waals surface area contributed by atoms with Gasteiger partial charge in [0.2, 0.25) is 5.91 Å². The topological polar surface area (TPSA) is 142 Å². The number of nitrogen functional groups attached to an aromatic ring is 1. The van der Waals surface area contributed by atoms with Crippen LogP contribution in [0.5, 0.6) is 0 Å². The van der Waals surface area contributed by atoms with Gasteiger partial charge in [0.25, 0.3) is 5.90 Å². The Morgan fingerprint density at radius 1 is 1.10 bits per heavy atom. The number of hydrogen-bond donors (Lipinski definition) is 3. The molecule has 0 aliphatic rings. The van der Waals surface area contributed by atoms with Crippen molar-refractivity contribution < 1.29 is 9.53 Å². The summed E-state index contributed by atoms with van der Waals surface area (Å²) in [5, 5.41) is 3.67. The Hall–Kier alpha value is -4.20. The maximum absolute atomic E-state index is 11.4. The molecule has 0 aliphatic heterocycles. The van der Waals surface area contributed by atoms with Gasteiger partial charge < -0.3 is 22.0 Å². The van der Waals surface area contributed by atoms with E-state index in [-0.39, 0.29) is 23.8 Å². The van der Waals surface area contributed by atoms with Crippen molar-refractivity contribution in [3.63, 3.8) is 0 Å². The molecule has 0 unspecified atom stereocenters. The molecule has 0 saturated carbocycles. The van der Waals surface area contributed by atoms with Crippen LogP contribution in [-0.4, -0.2) is 21.8 Å². The van der Waals surface area contributed by atoms with Crippen molar-refractivity contribution in [2.24, 2.45) is 16.7 Å². The van der Waals surface area contributed by atoms with Crippen LogP contribution in [0.4, 0.5) is 5.82 Å². The largest absolute Gasteiger partial charge is 0.436 e. The second-order valence-electron chi connectivity index (χ2n) is 6.11. The van der Waals surface area contributed by atoms with Crippen LogP contribution >= 0.6 is 0 Å². The van der Waals surface area contributed by atoms with Crippen molar-refractivity contribution >= 4 is 23.4 Å². The number of benzene rings is 2. The highest BCUT2D eigenvalue weighted by atomic mass is 16.5. The zero-order valence-electron chi connectivity index (χ0n) is 15.6. The number of hydrogen-bond acceptors (Lipinski definition) is 7. The minimum Gasteiger partial charge on any atom is -0.436 e. The molecule has 8 nitrogen and oxygen atoms in total. The molecule has 29 heavy (non-hydrogen) atoms. The van der Waals surface area contributed by atoms with Crippen LogP contribution in [0.2, 0.25) is 0 Å². The fourth-order valence-electron chi connectivity index (χ4n) is 2.73. The number of rotatable bonds is 6. The van der Waals surface area contributed by atoms with Crippen LogP contribution in [0.3, 0.4) is 0 Å². The van der Waals surface area contributed by atoms with Gasteiger partial charge in [-0.1, -0.05) is 61.2 Å². The number of ether oxygens (including phenoxy) is 1. The van der Waals surface area contributed by atoms with Gasteiger partial charge in [-0.05, 0) is 5.56 Å². The van der Waals surface area contributed by atoms with Crippen LogP contribution in [0.15, 0.2) is 72.5 Å². The number of aromatic nitrogens is 2. The van der Waals surface area contributed by atoms with Gasteiger partial charge in [-0.25, -0.2) is 9.97 Å². The summed E-state index contributed by atoms with van der Waals surface area (Å²) in [6, 6.07) is 16.5. The molecule has 0 bridgehead atoms. The Morgan fingerprint density at radius 2 is 1.79 bits per heavy atom. The third kappa shape index (κ3) is 4.56. The van der Waals surface area contributed by atoms with E-state index in [1.54, 1.807) is 6.07 Å². The molecule has 0 atom stereocenters. The molecule has 6 N–H and O–H groups in total. The van der Waals surface area contributed by atoms with E-state index < -0.39 is 5.91 Å². The molecule has 0 radical (unpaired) electrons. The van der Waals surface area contributed by atoms with Crippen molar-refractivity contribution in [2.45, 2.75) is 6.42 Å². The molecular formula is C21H20N6O2. The Kier molecular flexibility index (Phi) is 5.84. The number of nitrogens with zero attached hydrogens (tertiary/aromatic N) is 3. The fraction of sp³-hybridized carbons (Fsp3) is 0.0476. The van der Waals surface area contributed by atoms with Crippen molar-refractivity contribution in [2.75, 3.05) is 5.73 Å². The summed E-state index contributed by atoms with van der Waals surface area (Å²) in [5.41, 5.74) is 14.1. The monoisotopic (exact) mass is 388 g/mol.